The number of benzene rings is 1. The summed E-state index contributed by atoms with van der Waals surface area (Å²) in [7, 11) is 4.16. The van der Waals surface area contributed by atoms with Crippen LogP contribution in [-0.4, -0.2) is 42.2 Å². The lowest BCUT2D eigenvalue weighted by atomic mass is 10.1. The first-order chi connectivity index (χ1) is 10.1. The van der Waals surface area contributed by atoms with Crippen LogP contribution in [0.15, 0.2) is 24.3 Å². The zero-order valence-electron chi connectivity index (χ0n) is 12.8. The van der Waals surface area contributed by atoms with E-state index < -0.39 is 0 Å². The molecule has 2 rings (SSSR count). The Bertz CT molecular complexity index is 476. The molecular weight excluding hydrogens is 266 g/mol. The molecule has 1 fully saturated rings. The van der Waals surface area contributed by atoms with Gasteiger partial charge in [-0.2, -0.15) is 0 Å². The minimum Gasteiger partial charge on any atom is -0.392 e. The largest absolute Gasteiger partial charge is 0.392 e. The number of nitrogens with one attached hydrogen (secondary N) is 2. The van der Waals surface area contributed by atoms with E-state index in [1.54, 1.807) is 0 Å². The predicted molar refractivity (Wildman–Crippen MR) is 82.9 cm³/mol. The maximum Gasteiger partial charge on any atom is 0.315 e. The third kappa shape index (κ3) is 4.44. The molecule has 5 nitrogen and oxygen atoms in total. The van der Waals surface area contributed by atoms with E-state index >= 15 is 0 Å². The van der Waals surface area contributed by atoms with Crippen LogP contribution >= 0.6 is 0 Å². The van der Waals surface area contributed by atoms with Gasteiger partial charge in [-0.3, -0.25) is 0 Å². The van der Waals surface area contributed by atoms with E-state index in [1.165, 1.54) is 0 Å². The Morgan fingerprint density at radius 1 is 1.29 bits per heavy atom. The van der Waals surface area contributed by atoms with Gasteiger partial charge in [0.25, 0.3) is 0 Å². The molecule has 0 aromatic heterocycles. The van der Waals surface area contributed by atoms with Crippen LogP contribution in [0.3, 0.4) is 0 Å². The Hall–Kier alpha value is -1.59. The first kappa shape index (κ1) is 15.8. The van der Waals surface area contributed by atoms with Crippen molar-refractivity contribution in [2.24, 2.45) is 0 Å². The second-order valence-electron chi connectivity index (χ2n) is 5.88. The molecule has 21 heavy (non-hydrogen) atoms. The molecule has 0 saturated heterocycles. The highest BCUT2D eigenvalue weighted by molar-refractivity contribution is 5.74. The zero-order chi connectivity index (χ0) is 15.2. The number of amides is 2. The summed E-state index contributed by atoms with van der Waals surface area (Å²) in [5, 5.41) is 15.2. The average Bonchev–Trinajstić information content (AvgIpc) is 2.94. The van der Waals surface area contributed by atoms with E-state index in [9.17, 15) is 9.90 Å². The van der Waals surface area contributed by atoms with E-state index in [-0.39, 0.29) is 18.7 Å². The number of carbonyl (C=O) groups is 1. The smallest absolute Gasteiger partial charge is 0.315 e. The van der Waals surface area contributed by atoms with Crippen molar-refractivity contribution in [2.45, 2.75) is 44.5 Å². The molecule has 0 spiro atoms. The Labute approximate surface area is 126 Å². The van der Waals surface area contributed by atoms with Gasteiger partial charge in [0.15, 0.2) is 0 Å². The van der Waals surface area contributed by atoms with Crippen LogP contribution in [-0.2, 0) is 13.2 Å². The molecule has 1 aromatic rings. The first-order valence-corrected chi connectivity index (χ1v) is 7.48. The van der Waals surface area contributed by atoms with Gasteiger partial charge in [0.05, 0.1) is 6.61 Å². The number of rotatable bonds is 5. The molecule has 5 heteroatoms. The highest BCUT2D eigenvalue weighted by atomic mass is 16.3. The monoisotopic (exact) mass is 291 g/mol. The number of hydrogen-bond acceptors (Lipinski definition) is 3. The fraction of sp³-hybridized carbons (Fsp3) is 0.562. The molecule has 2 amide bonds. The number of hydrogen-bond donors (Lipinski definition) is 3. The van der Waals surface area contributed by atoms with Gasteiger partial charge in [0.1, 0.15) is 0 Å². The maximum atomic E-state index is 12.0. The molecule has 0 heterocycles. The van der Waals surface area contributed by atoms with Crippen molar-refractivity contribution < 1.29 is 9.90 Å². The molecular formula is C16H25N3O2. The molecule has 116 valence electrons. The SMILES string of the molecule is CN(C)C1CCC(NC(=O)NCc2ccccc2CO)C1. The molecule has 0 bridgehead atoms. The van der Waals surface area contributed by atoms with Crippen molar-refractivity contribution >= 4 is 6.03 Å². The van der Waals surface area contributed by atoms with Crippen LogP contribution in [0.2, 0.25) is 0 Å². The number of aliphatic hydroxyl groups is 1. The molecule has 1 saturated carbocycles. The first-order valence-electron chi connectivity index (χ1n) is 7.48. The van der Waals surface area contributed by atoms with E-state index in [4.69, 9.17) is 0 Å². The second-order valence-corrected chi connectivity index (χ2v) is 5.88. The van der Waals surface area contributed by atoms with Crippen molar-refractivity contribution in [2.75, 3.05) is 14.1 Å². The topological polar surface area (TPSA) is 64.6 Å². The van der Waals surface area contributed by atoms with E-state index in [0.29, 0.717) is 12.6 Å². The summed E-state index contributed by atoms with van der Waals surface area (Å²) in [6, 6.07) is 8.27. The number of nitrogens with zero attached hydrogens (tertiary/aromatic N) is 1. The van der Waals surface area contributed by atoms with Crippen LogP contribution in [0, 0.1) is 0 Å². The Morgan fingerprint density at radius 3 is 2.62 bits per heavy atom. The van der Waals surface area contributed by atoms with Crippen LogP contribution in [0.4, 0.5) is 4.79 Å². The summed E-state index contributed by atoms with van der Waals surface area (Å²) in [5.74, 6) is 0. The van der Waals surface area contributed by atoms with E-state index in [1.807, 2.05) is 24.3 Å². The summed E-state index contributed by atoms with van der Waals surface area (Å²) in [6.45, 7) is 0.430. The average molecular weight is 291 g/mol. The van der Waals surface area contributed by atoms with Crippen LogP contribution < -0.4 is 10.6 Å². The maximum absolute atomic E-state index is 12.0. The molecule has 2 atom stereocenters. The van der Waals surface area contributed by atoms with Gasteiger partial charge in [0.2, 0.25) is 0 Å². The van der Waals surface area contributed by atoms with Gasteiger partial charge in [-0.25, -0.2) is 4.79 Å². The molecule has 3 N–H and O–H groups in total. The summed E-state index contributed by atoms with van der Waals surface area (Å²) < 4.78 is 0. The lowest BCUT2D eigenvalue weighted by Crippen LogP contribution is -2.41. The normalized spacial score (nSPS) is 21.5. The van der Waals surface area contributed by atoms with E-state index in [2.05, 4.69) is 29.6 Å². The van der Waals surface area contributed by atoms with Gasteiger partial charge in [-0.1, -0.05) is 24.3 Å². The lowest BCUT2D eigenvalue weighted by Gasteiger charge is -2.19. The molecule has 1 aromatic carbocycles. The van der Waals surface area contributed by atoms with Crippen molar-refractivity contribution in [1.82, 2.24) is 15.5 Å². The highest BCUT2D eigenvalue weighted by Gasteiger charge is 2.26. The Kier molecular flexibility index (Phi) is 5.59. The molecule has 1 aliphatic rings. The fourth-order valence-electron chi connectivity index (χ4n) is 2.85. The highest BCUT2D eigenvalue weighted by Crippen LogP contribution is 2.22. The van der Waals surface area contributed by atoms with Gasteiger partial charge in [0, 0.05) is 18.6 Å². The molecule has 0 aliphatic heterocycles. The summed E-state index contributed by atoms with van der Waals surface area (Å²) in [5.41, 5.74) is 1.80. The zero-order valence-corrected chi connectivity index (χ0v) is 12.8. The van der Waals surface area contributed by atoms with Crippen molar-refractivity contribution in [3.8, 4) is 0 Å². The minimum atomic E-state index is -0.132. The predicted octanol–water partition coefficient (Wildman–Crippen LogP) is 1.46. The van der Waals surface area contributed by atoms with E-state index in [0.717, 1.165) is 30.4 Å². The molecule has 0 radical (unpaired) electrons. The van der Waals surface area contributed by atoms with Crippen molar-refractivity contribution in [3.63, 3.8) is 0 Å². The van der Waals surface area contributed by atoms with Gasteiger partial charge in [-0.15, -0.1) is 0 Å². The second kappa shape index (κ2) is 7.43. The van der Waals surface area contributed by atoms with Crippen LogP contribution in [0.1, 0.15) is 30.4 Å². The Morgan fingerprint density at radius 2 is 2.00 bits per heavy atom. The third-order valence-electron chi connectivity index (χ3n) is 4.20. The standard InChI is InChI=1S/C16H25N3O2/c1-19(2)15-8-7-14(9-15)18-16(21)17-10-12-5-3-4-6-13(12)11-20/h3-6,14-15,20H,7-11H2,1-2H3,(H2,17,18,21). The van der Waals surface area contributed by atoms with Crippen molar-refractivity contribution in [3.05, 3.63) is 35.4 Å². The number of urea groups is 1. The van der Waals surface area contributed by atoms with Crippen LogP contribution in [0.25, 0.3) is 0 Å². The fourth-order valence-corrected chi connectivity index (χ4v) is 2.85. The third-order valence-corrected chi connectivity index (χ3v) is 4.20. The molecule has 2 unspecified atom stereocenters. The number of carbonyl (C=O) groups excluding carboxylic acids is 1. The lowest BCUT2D eigenvalue weighted by molar-refractivity contribution is 0.235. The Balaban J connectivity index is 1.78. The quantitative estimate of drug-likeness (QED) is 0.769. The van der Waals surface area contributed by atoms with Gasteiger partial charge < -0.3 is 20.6 Å². The van der Waals surface area contributed by atoms with Crippen molar-refractivity contribution in [1.29, 1.82) is 0 Å². The van der Waals surface area contributed by atoms with Crippen LogP contribution in [0.5, 0.6) is 0 Å². The summed E-state index contributed by atoms with van der Waals surface area (Å²) in [6.07, 6.45) is 3.17. The summed E-state index contributed by atoms with van der Waals surface area (Å²) >= 11 is 0. The summed E-state index contributed by atoms with van der Waals surface area (Å²) in [4.78, 5) is 14.2. The van der Waals surface area contributed by atoms with Gasteiger partial charge >= 0.3 is 6.03 Å². The minimum absolute atomic E-state index is 0.00733. The molecule has 1 aliphatic carbocycles. The number of aliphatic hydroxyl groups excluding tert-OH is 1. The van der Waals surface area contributed by atoms with Gasteiger partial charge in [-0.05, 0) is 44.5 Å².